The number of rotatable bonds is 0. The predicted octanol–water partition coefficient (Wildman–Crippen LogP) is 1.40. The van der Waals surface area contributed by atoms with Gasteiger partial charge in [0.1, 0.15) is 11.6 Å². The Morgan fingerprint density at radius 3 is 2.69 bits per heavy atom. The topological polar surface area (TPSA) is 73.7 Å². The number of aromatic amines is 1. The highest BCUT2D eigenvalue weighted by molar-refractivity contribution is 5.98. The van der Waals surface area contributed by atoms with Gasteiger partial charge < -0.3 is 4.98 Å². The second-order valence-electron chi connectivity index (χ2n) is 4.96. The standard InChI is InChI=1S/C12H12N2O2/c1-12(2)4-9-8(10(15)5-12)3-7(6-13)11(16)14-9/h3H,4-5H2,1-2H3,(H,14,16). The second kappa shape index (κ2) is 3.31. The van der Waals surface area contributed by atoms with Gasteiger partial charge in [-0.05, 0) is 17.9 Å². The van der Waals surface area contributed by atoms with Gasteiger partial charge in [0.05, 0.1) is 0 Å². The van der Waals surface area contributed by atoms with Crippen molar-refractivity contribution in [2.45, 2.75) is 26.7 Å². The van der Waals surface area contributed by atoms with Crippen molar-refractivity contribution in [1.82, 2.24) is 4.98 Å². The Bertz CT molecular complexity index is 561. The van der Waals surface area contributed by atoms with Crippen LogP contribution in [0.2, 0.25) is 0 Å². The predicted molar refractivity (Wildman–Crippen MR) is 58.2 cm³/mol. The number of ketones is 1. The van der Waals surface area contributed by atoms with E-state index in [1.807, 2.05) is 13.8 Å². The minimum absolute atomic E-state index is 0.000926. The van der Waals surface area contributed by atoms with Gasteiger partial charge in [0, 0.05) is 17.7 Å². The van der Waals surface area contributed by atoms with Crippen molar-refractivity contribution in [2.75, 3.05) is 0 Å². The van der Waals surface area contributed by atoms with Crippen LogP contribution in [0, 0.1) is 16.7 Å². The van der Waals surface area contributed by atoms with Crippen LogP contribution < -0.4 is 5.56 Å². The van der Waals surface area contributed by atoms with E-state index in [-0.39, 0.29) is 16.8 Å². The minimum atomic E-state index is -0.410. The monoisotopic (exact) mass is 216 g/mol. The molecular weight excluding hydrogens is 204 g/mol. The van der Waals surface area contributed by atoms with E-state index in [4.69, 9.17) is 5.26 Å². The van der Waals surface area contributed by atoms with Gasteiger partial charge in [-0.25, -0.2) is 0 Å². The first-order valence-electron chi connectivity index (χ1n) is 5.12. The van der Waals surface area contributed by atoms with Crippen molar-refractivity contribution >= 4 is 5.78 Å². The number of aromatic nitrogens is 1. The molecule has 1 aromatic rings. The molecule has 0 radical (unpaired) electrons. The van der Waals surface area contributed by atoms with Crippen LogP contribution in [0.5, 0.6) is 0 Å². The number of nitriles is 1. The molecule has 0 bridgehead atoms. The van der Waals surface area contributed by atoms with E-state index in [0.717, 1.165) is 0 Å². The first-order chi connectivity index (χ1) is 7.43. The number of nitrogens with one attached hydrogen (secondary N) is 1. The number of pyridine rings is 1. The molecule has 0 aromatic carbocycles. The molecule has 82 valence electrons. The molecule has 16 heavy (non-hydrogen) atoms. The number of nitrogens with zero attached hydrogens (tertiary/aromatic N) is 1. The Hall–Kier alpha value is -1.89. The second-order valence-corrected chi connectivity index (χ2v) is 4.96. The molecule has 0 fully saturated rings. The smallest absolute Gasteiger partial charge is 0.266 e. The first kappa shape index (κ1) is 10.6. The molecule has 0 atom stereocenters. The summed E-state index contributed by atoms with van der Waals surface area (Å²) in [6.45, 7) is 3.98. The van der Waals surface area contributed by atoms with E-state index in [1.54, 1.807) is 6.07 Å². The number of fused-ring (bicyclic) bond motifs is 1. The lowest BCUT2D eigenvalue weighted by Crippen LogP contribution is -2.30. The van der Waals surface area contributed by atoms with Crippen molar-refractivity contribution in [3.8, 4) is 6.07 Å². The zero-order valence-electron chi connectivity index (χ0n) is 9.26. The first-order valence-corrected chi connectivity index (χ1v) is 5.12. The fraction of sp³-hybridized carbons (Fsp3) is 0.417. The van der Waals surface area contributed by atoms with Crippen LogP contribution in [-0.2, 0) is 6.42 Å². The molecule has 0 saturated heterocycles. The molecule has 0 spiro atoms. The van der Waals surface area contributed by atoms with Crippen LogP contribution in [0.3, 0.4) is 0 Å². The molecule has 1 aromatic heterocycles. The van der Waals surface area contributed by atoms with Gasteiger partial charge in [-0.15, -0.1) is 0 Å². The Kier molecular flexibility index (Phi) is 2.20. The van der Waals surface area contributed by atoms with Crippen LogP contribution in [0.1, 0.15) is 41.9 Å². The minimum Gasteiger partial charge on any atom is -0.324 e. The van der Waals surface area contributed by atoms with Gasteiger partial charge in [0.15, 0.2) is 5.78 Å². The van der Waals surface area contributed by atoms with Crippen molar-refractivity contribution < 1.29 is 4.79 Å². The van der Waals surface area contributed by atoms with E-state index < -0.39 is 5.56 Å². The molecule has 0 aliphatic heterocycles. The number of H-pyrrole nitrogens is 1. The summed E-state index contributed by atoms with van der Waals surface area (Å²) >= 11 is 0. The maximum Gasteiger partial charge on any atom is 0.266 e. The summed E-state index contributed by atoms with van der Waals surface area (Å²) in [4.78, 5) is 25.9. The quantitative estimate of drug-likeness (QED) is 0.712. The third-order valence-corrected chi connectivity index (χ3v) is 2.84. The zero-order valence-corrected chi connectivity index (χ0v) is 9.26. The highest BCUT2D eigenvalue weighted by Crippen LogP contribution is 2.33. The van der Waals surface area contributed by atoms with E-state index in [2.05, 4.69) is 4.98 Å². The Balaban J connectivity index is 2.64. The summed E-state index contributed by atoms with van der Waals surface area (Å²) < 4.78 is 0. The van der Waals surface area contributed by atoms with E-state index in [0.29, 0.717) is 24.1 Å². The molecule has 1 aliphatic carbocycles. The molecular formula is C12H12N2O2. The Labute approximate surface area is 92.9 Å². The largest absolute Gasteiger partial charge is 0.324 e. The van der Waals surface area contributed by atoms with Gasteiger partial charge in [0.25, 0.3) is 5.56 Å². The molecule has 0 saturated carbocycles. The lowest BCUT2D eigenvalue weighted by atomic mass is 9.75. The third-order valence-electron chi connectivity index (χ3n) is 2.84. The Morgan fingerprint density at radius 1 is 1.38 bits per heavy atom. The molecule has 4 nitrogen and oxygen atoms in total. The summed E-state index contributed by atoms with van der Waals surface area (Å²) in [5, 5.41) is 8.73. The summed E-state index contributed by atoms with van der Waals surface area (Å²) in [7, 11) is 0. The highest BCUT2D eigenvalue weighted by atomic mass is 16.1. The highest BCUT2D eigenvalue weighted by Gasteiger charge is 2.31. The number of Topliss-reactive ketones (excluding diaryl/α,β-unsaturated/α-hetero) is 1. The fourth-order valence-electron chi connectivity index (χ4n) is 2.11. The van der Waals surface area contributed by atoms with E-state index in [9.17, 15) is 9.59 Å². The molecule has 1 heterocycles. The number of carbonyl (C=O) groups is 1. The molecule has 2 rings (SSSR count). The lowest BCUT2D eigenvalue weighted by molar-refractivity contribution is 0.0910. The number of hydrogen-bond acceptors (Lipinski definition) is 3. The van der Waals surface area contributed by atoms with Crippen LogP contribution in [0.25, 0.3) is 0 Å². The summed E-state index contributed by atoms with van der Waals surface area (Å²) in [5.41, 5.74) is 0.626. The number of carbonyl (C=O) groups excluding carboxylic acids is 1. The van der Waals surface area contributed by atoms with E-state index >= 15 is 0 Å². The van der Waals surface area contributed by atoms with Gasteiger partial charge in [0.2, 0.25) is 0 Å². The van der Waals surface area contributed by atoms with Crippen LogP contribution >= 0.6 is 0 Å². The van der Waals surface area contributed by atoms with Crippen LogP contribution in [-0.4, -0.2) is 10.8 Å². The Morgan fingerprint density at radius 2 is 2.06 bits per heavy atom. The van der Waals surface area contributed by atoms with Gasteiger partial charge in [-0.3, -0.25) is 9.59 Å². The third kappa shape index (κ3) is 1.65. The summed E-state index contributed by atoms with van der Waals surface area (Å²) in [6.07, 6.45) is 1.12. The summed E-state index contributed by atoms with van der Waals surface area (Å²) in [6, 6.07) is 3.20. The van der Waals surface area contributed by atoms with Gasteiger partial charge >= 0.3 is 0 Å². The average Bonchev–Trinajstić information content (AvgIpc) is 2.14. The fourth-order valence-corrected chi connectivity index (χ4v) is 2.11. The molecule has 1 N–H and O–H groups in total. The molecule has 0 amide bonds. The van der Waals surface area contributed by atoms with Gasteiger partial charge in [-0.1, -0.05) is 13.8 Å². The normalized spacial score (nSPS) is 17.7. The maximum absolute atomic E-state index is 11.8. The number of hydrogen-bond donors (Lipinski definition) is 1. The summed E-state index contributed by atoms with van der Waals surface area (Å²) in [5.74, 6) is -0.000926. The van der Waals surface area contributed by atoms with Crippen molar-refractivity contribution in [1.29, 1.82) is 5.26 Å². The van der Waals surface area contributed by atoms with Crippen molar-refractivity contribution in [3.63, 3.8) is 0 Å². The van der Waals surface area contributed by atoms with E-state index in [1.165, 1.54) is 6.07 Å². The zero-order chi connectivity index (χ0) is 11.9. The SMILES string of the molecule is CC1(C)CC(=O)c2cc(C#N)c(=O)[nH]c2C1. The lowest BCUT2D eigenvalue weighted by Gasteiger charge is -2.29. The maximum atomic E-state index is 11.8. The molecule has 4 heteroatoms. The van der Waals surface area contributed by atoms with Gasteiger partial charge in [-0.2, -0.15) is 5.26 Å². The van der Waals surface area contributed by atoms with Crippen molar-refractivity contribution in [2.24, 2.45) is 5.41 Å². The molecule has 1 aliphatic rings. The molecule has 0 unspecified atom stereocenters. The average molecular weight is 216 g/mol. The van der Waals surface area contributed by atoms with Crippen molar-refractivity contribution in [3.05, 3.63) is 33.2 Å². The van der Waals surface area contributed by atoms with Crippen LogP contribution in [0.15, 0.2) is 10.9 Å². The van der Waals surface area contributed by atoms with Crippen LogP contribution in [0.4, 0.5) is 0 Å².